The van der Waals surface area contributed by atoms with Gasteiger partial charge in [-0.15, -0.1) is 0 Å². The fourth-order valence-corrected chi connectivity index (χ4v) is 3.47. The van der Waals surface area contributed by atoms with Crippen LogP contribution in [0.2, 0.25) is 0 Å². The van der Waals surface area contributed by atoms with Crippen molar-refractivity contribution in [2.45, 2.75) is 39.3 Å². The molecule has 2 atom stereocenters. The highest BCUT2D eigenvalue weighted by Crippen LogP contribution is 2.28. The summed E-state index contributed by atoms with van der Waals surface area (Å²) in [7, 11) is -3.10. The summed E-state index contributed by atoms with van der Waals surface area (Å²) in [5.74, 6) is 0. The summed E-state index contributed by atoms with van der Waals surface area (Å²) in [6, 6.07) is 6.83. The third-order valence-electron chi connectivity index (χ3n) is 4.33. The lowest BCUT2D eigenvalue weighted by molar-refractivity contribution is -0.0603. The molecule has 130 valence electrons. The van der Waals surface area contributed by atoms with Gasteiger partial charge in [0.2, 0.25) is 10.0 Å². The van der Waals surface area contributed by atoms with Crippen LogP contribution in [0.4, 0.5) is 0 Å². The van der Waals surface area contributed by atoms with Gasteiger partial charge >= 0.3 is 0 Å². The Balaban J connectivity index is 1.95. The van der Waals surface area contributed by atoms with E-state index in [1.165, 1.54) is 22.9 Å². The van der Waals surface area contributed by atoms with Crippen LogP contribution in [0.3, 0.4) is 0 Å². The van der Waals surface area contributed by atoms with Crippen molar-refractivity contribution in [1.82, 2.24) is 9.62 Å². The van der Waals surface area contributed by atoms with Crippen molar-refractivity contribution in [3.8, 4) is 0 Å². The van der Waals surface area contributed by atoms with Gasteiger partial charge in [0.25, 0.3) is 0 Å². The summed E-state index contributed by atoms with van der Waals surface area (Å²) >= 11 is 0. The third-order valence-corrected chi connectivity index (χ3v) is 5.06. The Morgan fingerprint density at radius 3 is 2.78 bits per heavy atom. The van der Waals surface area contributed by atoms with E-state index in [4.69, 9.17) is 4.74 Å². The first-order valence-electron chi connectivity index (χ1n) is 8.13. The summed E-state index contributed by atoms with van der Waals surface area (Å²) in [5, 5.41) is 0. The van der Waals surface area contributed by atoms with Gasteiger partial charge in [-0.25, -0.2) is 13.1 Å². The molecule has 1 heterocycles. The first-order chi connectivity index (χ1) is 10.8. The molecule has 0 saturated carbocycles. The number of sulfonamides is 1. The van der Waals surface area contributed by atoms with E-state index < -0.39 is 10.0 Å². The number of rotatable bonds is 6. The second kappa shape index (κ2) is 7.75. The van der Waals surface area contributed by atoms with E-state index in [0.717, 1.165) is 19.5 Å². The molecule has 2 rings (SSSR count). The molecule has 1 aromatic carbocycles. The van der Waals surface area contributed by atoms with Crippen LogP contribution >= 0.6 is 0 Å². The van der Waals surface area contributed by atoms with Gasteiger partial charge in [0.05, 0.1) is 19.0 Å². The number of nitrogens with one attached hydrogen (secondary N) is 1. The predicted molar refractivity (Wildman–Crippen MR) is 93.1 cm³/mol. The highest BCUT2D eigenvalue weighted by Gasteiger charge is 2.27. The molecule has 1 aliphatic rings. The van der Waals surface area contributed by atoms with Crippen LogP contribution in [0.5, 0.6) is 0 Å². The molecule has 1 aliphatic heterocycles. The van der Waals surface area contributed by atoms with E-state index in [-0.39, 0.29) is 6.10 Å². The largest absolute Gasteiger partial charge is 0.371 e. The van der Waals surface area contributed by atoms with E-state index in [0.29, 0.717) is 19.2 Å². The topological polar surface area (TPSA) is 58.6 Å². The van der Waals surface area contributed by atoms with Gasteiger partial charge in [-0.1, -0.05) is 23.8 Å². The summed E-state index contributed by atoms with van der Waals surface area (Å²) in [6.45, 7) is 9.29. The van der Waals surface area contributed by atoms with Gasteiger partial charge in [0.15, 0.2) is 0 Å². The van der Waals surface area contributed by atoms with Crippen LogP contribution < -0.4 is 4.72 Å². The molecule has 0 amide bonds. The van der Waals surface area contributed by atoms with E-state index in [1.54, 1.807) is 0 Å². The number of ether oxygens (including phenoxy) is 1. The minimum Gasteiger partial charge on any atom is -0.371 e. The van der Waals surface area contributed by atoms with Crippen molar-refractivity contribution in [1.29, 1.82) is 0 Å². The van der Waals surface area contributed by atoms with Gasteiger partial charge in [-0.3, -0.25) is 4.90 Å². The Hall–Kier alpha value is -0.950. The Kier molecular flexibility index (Phi) is 6.19. The molecule has 1 aromatic rings. The molecule has 5 nitrogen and oxygen atoms in total. The number of morpholine rings is 1. The van der Waals surface area contributed by atoms with Gasteiger partial charge in [0.1, 0.15) is 0 Å². The summed E-state index contributed by atoms with van der Waals surface area (Å²) < 4.78 is 30.8. The molecule has 1 saturated heterocycles. The fraction of sp³-hybridized carbons (Fsp3) is 0.647. The number of aryl methyl sites for hydroxylation is 2. The zero-order valence-electron chi connectivity index (χ0n) is 14.5. The highest BCUT2D eigenvalue weighted by atomic mass is 32.2. The molecule has 6 heteroatoms. The average Bonchev–Trinajstić information content (AvgIpc) is 2.47. The molecule has 0 spiro atoms. The van der Waals surface area contributed by atoms with Crippen LogP contribution in [-0.2, 0) is 14.8 Å². The smallest absolute Gasteiger partial charge is 0.208 e. The molecule has 0 bridgehead atoms. The molecular weight excluding hydrogens is 312 g/mol. The normalized spacial score (nSPS) is 23.1. The maximum absolute atomic E-state index is 11.1. The van der Waals surface area contributed by atoms with E-state index in [1.807, 2.05) is 0 Å². The number of hydrogen-bond acceptors (Lipinski definition) is 4. The van der Waals surface area contributed by atoms with Crippen molar-refractivity contribution in [2.24, 2.45) is 0 Å². The van der Waals surface area contributed by atoms with E-state index in [2.05, 4.69) is 48.6 Å². The molecule has 1 N–H and O–H groups in total. The quantitative estimate of drug-likeness (QED) is 0.805. The second-order valence-electron chi connectivity index (χ2n) is 6.55. The predicted octanol–water partition coefficient (Wildman–Crippen LogP) is 2.00. The Morgan fingerprint density at radius 1 is 1.35 bits per heavy atom. The fourth-order valence-electron chi connectivity index (χ4n) is 2.95. The van der Waals surface area contributed by atoms with E-state index >= 15 is 0 Å². The molecule has 0 unspecified atom stereocenters. The molecule has 0 aromatic heterocycles. The first kappa shape index (κ1) is 18.4. The third kappa shape index (κ3) is 5.57. The van der Waals surface area contributed by atoms with Gasteiger partial charge in [0, 0.05) is 19.1 Å². The van der Waals surface area contributed by atoms with Crippen LogP contribution in [0.15, 0.2) is 18.2 Å². The summed E-state index contributed by atoms with van der Waals surface area (Å²) in [5.41, 5.74) is 3.77. The maximum atomic E-state index is 11.1. The zero-order chi connectivity index (χ0) is 17.0. The SMILES string of the molecule is Cc1ccc(C)c([C@H]2CN(CCCNS(C)(=O)=O)[C@H](C)CO2)c1. The van der Waals surface area contributed by atoms with Crippen molar-refractivity contribution in [2.75, 3.05) is 32.5 Å². The zero-order valence-corrected chi connectivity index (χ0v) is 15.3. The lowest BCUT2D eigenvalue weighted by Gasteiger charge is -2.38. The van der Waals surface area contributed by atoms with Crippen LogP contribution in [0.1, 0.15) is 36.1 Å². The van der Waals surface area contributed by atoms with Crippen molar-refractivity contribution >= 4 is 10.0 Å². The standard InChI is InChI=1S/C17H28N2O3S/c1-13-6-7-14(2)16(10-13)17-11-19(15(3)12-22-17)9-5-8-18-23(4,20)21/h6-7,10,15,17-18H,5,8-9,11-12H2,1-4H3/t15-,17-/m1/s1. The minimum absolute atomic E-state index is 0.0916. The lowest BCUT2D eigenvalue weighted by atomic mass is 9.99. The lowest BCUT2D eigenvalue weighted by Crippen LogP contribution is -2.46. The Bertz CT molecular complexity index is 631. The second-order valence-corrected chi connectivity index (χ2v) is 8.38. The number of hydrogen-bond donors (Lipinski definition) is 1. The molecule has 0 radical (unpaired) electrons. The maximum Gasteiger partial charge on any atom is 0.208 e. The van der Waals surface area contributed by atoms with Gasteiger partial charge in [-0.2, -0.15) is 0 Å². The average molecular weight is 340 g/mol. The first-order valence-corrected chi connectivity index (χ1v) is 10.0. The molecule has 23 heavy (non-hydrogen) atoms. The molecule has 0 aliphatic carbocycles. The van der Waals surface area contributed by atoms with Gasteiger partial charge in [-0.05, 0) is 44.9 Å². The Morgan fingerprint density at radius 2 is 2.09 bits per heavy atom. The number of benzene rings is 1. The van der Waals surface area contributed by atoms with E-state index in [9.17, 15) is 8.42 Å². The minimum atomic E-state index is -3.10. The van der Waals surface area contributed by atoms with Crippen LogP contribution in [0, 0.1) is 13.8 Å². The molecule has 1 fully saturated rings. The number of nitrogens with zero attached hydrogens (tertiary/aromatic N) is 1. The van der Waals surface area contributed by atoms with Crippen LogP contribution in [0.25, 0.3) is 0 Å². The van der Waals surface area contributed by atoms with Crippen LogP contribution in [-0.4, -0.2) is 51.9 Å². The van der Waals surface area contributed by atoms with Crippen molar-refractivity contribution < 1.29 is 13.2 Å². The van der Waals surface area contributed by atoms with Gasteiger partial charge < -0.3 is 4.74 Å². The highest BCUT2D eigenvalue weighted by molar-refractivity contribution is 7.88. The Labute approximate surface area is 140 Å². The molecular formula is C17H28N2O3S. The summed E-state index contributed by atoms with van der Waals surface area (Å²) in [6.07, 6.45) is 2.09. The van der Waals surface area contributed by atoms with Crippen molar-refractivity contribution in [3.05, 3.63) is 34.9 Å². The van der Waals surface area contributed by atoms with Crippen molar-refractivity contribution in [3.63, 3.8) is 0 Å². The summed E-state index contributed by atoms with van der Waals surface area (Å²) in [4.78, 5) is 2.39. The monoisotopic (exact) mass is 340 g/mol.